The van der Waals surface area contributed by atoms with Crippen molar-refractivity contribution in [2.75, 3.05) is 0 Å². The topological polar surface area (TPSA) is 0 Å². The number of rotatable bonds is 2. The predicted molar refractivity (Wildman–Crippen MR) is 49.9 cm³/mol. The highest BCUT2D eigenvalue weighted by Gasteiger charge is 2.03. The van der Waals surface area contributed by atoms with E-state index in [1.807, 2.05) is 0 Å². The molecule has 0 atom stereocenters. The van der Waals surface area contributed by atoms with Gasteiger partial charge in [-0.1, -0.05) is 13.8 Å². The van der Waals surface area contributed by atoms with Crippen molar-refractivity contribution in [2.24, 2.45) is 0 Å². The molecule has 0 nitrogen and oxygen atoms in total. The van der Waals surface area contributed by atoms with Crippen molar-refractivity contribution in [3.63, 3.8) is 0 Å². The first-order valence-corrected chi connectivity index (χ1v) is 4.47. The van der Waals surface area contributed by atoms with Crippen LogP contribution in [-0.4, -0.2) is 0 Å². The van der Waals surface area contributed by atoms with Gasteiger partial charge in [0.15, 0.2) is 0 Å². The molecule has 1 heteroatoms. The molecular weight excluding hydrogens is 151 g/mol. The Kier molecular flexibility index (Phi) is 2.85. The second-order valence-electron chi connectivity index (χ2n) is 3.06. The number of halogens is 1. The lowest BCUT2D eigenvalue weighted by atomic mass is 9.99. The fourth-order valence-corrected chi connectivity index (χ4v) is 1.53. The summed E-state index contributed by atoms with van der Waals surface area (Å²) in [6, 6.07) is 3.27. The van der Waals surface area contributed by atoms with E-state index in [0.717, 1.165) is 24.0 Å². The van der Waals surface area contributed by atoms with Gasteiger partial charge in [0.2, 0.25) is 0 Å². The van der Waals surface area contributed by atoms with Gasteiger partial charge in [0.25, 0.3) is 0 Å². The van der Waals surface area contributed by atoms with Gasteiger partial charge in [-0.15, -0.1) is 0 Å². The van der Waals surface area contributed by atoms with Gasteiger partial charge < -0.3 is 0 Å². The fourth-order valence-electron chi connectivity index (χ4n) is 1.53. The van der Waals surface area contributed by atoms with E-state index in [1.165, 1.54) is 5.56 Å². The summed E-state index contributed by atoms with van der Waals surface area (Å²) in [5.74, 6) is -0.102. The molecule has 0 aliphatic heterocycles. The Labute approximate surface area is 73.4 Å². The molecule has 0 saturated carbocycles. The lowest BCUT2D eigenvalue weighted by Crippen LogP contribution is -1.95. The lowest BCUT2D eigenvalue weighted by molar-refractivity contribution is 0.622. The average Bonchev–Trinajstić information content (AvgIpc) is 2.08. The zero-order valence-corrected chi connectivity index (χ0v) is 7.95. The molecule has 1 rings (SSSR count). The molecule has 0 amide bonds. The molecule has 12 heavy (non-hydrogen) atoms. The van der Waals surface area contributed by atoms with Gasteiger partial charge >= 0.3 is 0 Å². The summed E-state index contributed by atoms with van der Waals surface area (Å²) in [6.07, 6.45) is 1.83. The highest BCUT2D eigenvalue weighted by Crippen LogP contribution is 2.17. The maximum Gasteiger partial charge on any atom is 0.123 e. The van der Waals surface area contributed by atoms with Crippen LogP contribution in [0.1, 0.15) is 30.5 Å². The van der Waals surface area contributed by atoms with Crippen LogP contribution in [0, 0.1) is 12.7 Å². The van der Waals surface area contributed by atoms with E-state index >= 15 is 0 Å². The first-order valence-electron chi connectivity index (χ1n) is 4.47. The van der Waals surface area contributed by atoms with E-state index in [0.29, 0.717) is 0 Å². The first kappa shape index (κ1) is 9.24. The van der Waals surface area contributed by atoms with Gasteiger partial charge in [-0.2, -0.15) is 0 Å². The molecule has 1 aromatic carbocycles. The Morgan fingerprint density at radius 3 is 1.83 bits per heavy atom. The van der Waals surface area contributed by atoms with Crippen LogP contribution in [0.15, 0.2) is 12.1 Å². The van der Waals surface area contributed by atoms with E-state index in [1.54, 1.807) is 12.1 Å². The Hall–Kier alpha value is -0.850. The second kappa shape index (κ2) is 3.70. The van der Waals surface area contributed by atoms with Gasteiger partial charge in [-0.3, -0.25) is 0 Å². The Balaban J connectivity index is 3.22. The van der Waals surface area contributed by atoms with Crippen LogP contribution < -0.4 is 0 Å². The van der Waals surface area contributed by atoms with Crippen LogP contribution in [0.5, 0.6) is 0 Å². The maximum absolute atomic E-state index is 13.0. The van der Waals surface area contributed by atoms with Gasteiger partial charge in [0.05, 0.1) is 0 Å². The minimum Gasteiger partial charge on any atom is -0.207 e. The third-order valence-corrected chi connectivity index (χ3v) is 2.35. The maximum atomic E-state index is 13.0. The average molecular weight is 166 g/mol. The second-order valence-corrected chi connectivity index (χ2v) is 3.06. The first-order chi connectivity index (χ1) is 5.69. The molecule has 0 fully saturated rings. The molecular formula is C11H15F. The van der Waals surface area contributed by atoms with Crippen LogP contribution in [-0.2, 0) is 12.8 Å². The van der Waals surface area contributed by atoms with Crippen molar-refractivity contribution in [3.8, 4) is 0 Å². The minimum absolute atomic E-state index is 0.102. The van der Waals surface area contributed by atoms with Crippen molar-refractivity contribution in [3.05, 3.63) is 34.6 Å². The van der Waals surface area contributed by atoms with Crippen molar-refractivity contribution < 1.29 is 4.39 Å². The predicted octanol–water partition coefficient (Wildman–Crippen LogP) is 3.26. The summed E-state index contributed by atoms with van der Waals surface area (Å²) in [7, 11) is 0. The number of hydrogen-bond donors (Lipinski definition) is 0. The quantitative estimate of drug-likeness (QED) is 0.632. The molecule has 0 bridgehead atoms. The zero-order valence-electron chi connectivity index (χ0n) is 7.95. The molecule has 0 N–H and O–H groups in total. The highest BCUT2D eigenvalue weighted by molar-refractivity contribution is 5.34. The van der Waals surface area contributed by atoms with Crippen LogP contribution >= 0.6 is 0 Å². The smallest absolute Gasteiger partial charge is 0.123 e. The third kappa shape index (κ3) is 1.66. The van der Waals surface area contributed by atoms with Crippen LogP contribution in [0.4, 0.5) is 4.39 Å². The van der Waals surface area contributed by atoms with Gasteiger partial charge in [-0.05, 0) is 48.6 Å². The largest absolute Gasteiger partial charge is 0.207 e. The van der Waals surface area contributed by atoms with E-state index in [2.05, 4.69) is 20.8 Å². The van der Waals surface area contributed by atoms with Crippen molar-refractivity contribution in [1.82, 2.24) is 0 Å². The van der Waals surface area contributed by atoms with Crippen molar-refractivity contribution in [1.29, 1.82) is 0 Å². The Morgan fingerprint density at radius 1 is 1.08 bits per heavy atom. The Bertz CT molecular complexity index is 251. The third-order valence-electron chi connectivity index (χ3n) is 2.35. The standard InChI is InChI=1S/C11H15F/c1-4-9-6-11(12)7-10(5-2)8(9)3/h6-7H,4-5H2,1-3H3. The van der Waals surface area contributed by atoms with Crippen molar-refractivity contribution in [2.45, 2.75) is 33.6 Å². The van der Waals surface area contributed by atoms with Crippen LogP contribution in [0.2, 0.25) is 0 Å². The summed E-state index contributed by atoms with van der Waals surface area (Å²) < 4.78 is 13.0. The van der Waals surface area contributed by atoms with Gasteiger partial charge in [-0.25, -0.2) is 4.39 Å². The monoisotopic (exact) mass is 166 g/mol. The fraction of sp³-hybridized carbons (Fsp3) is 0.455. The van der Waals surface area contributed by atoms with E-state index in [4.69, 9.17) is 0 Å². The van der Waals surface area contributed by atoms with Gasteiger partial charge in [0.1, 0.15) is 5.82 Å². The number of benzene rings is 1. The van der Waals surface area contributed by atoms with E-state index in [9.17, 15) is 4.39 Å². The molecule has 0 saturated heterocycles. The van der Waals surface area contributed by atoms with Gasteiger partial charge in [0, 0.05) is 0 Å². The summed E-state index contributed by atoms with van der Waals surface area (Å²) in [5.41, 5.74) is 3.51. The van der Waals surface area contributed by atoms with Crippen LogP contribution in [0.3, 0.4) is 0 Å². The molecule has 66 valence electrons. The zero-order chi connectivity index (χ0) is 9.14. The molecule has 0 heterocycles. The molecule has 1 aromatic rings. The lowest BCUT2D eigenvalue weighted by Gasteiger charge is -2.08. The highest BCUT2D eigenvalue weighted by atomic mass is 19.1. The van der Waals surface area contributed by atoms with Crippen molar-refractivity contribution >= 4 is 0 Å². The Morgan fingerprint density at radius 2 is 1.50 bits per heavy atom. The van der Waals surface area contributed by atoms with E-state index < -0.39 is 0 Å². The minimum atomic E-state index is -0.102. The SMILES string of the molecule is CCc1cc(F)cc(CC)c1C. The number of hydrogen-bond acceptors (Lipinski definition) is 0. The summed E-state index contributed by atoms with van der Waals surface area (Å²) >= 11 is 0. The summed E-state index contributed by atoms with van der Waals surface area (Å²) in [6.45, 7) is 6.18. The normalized spacial score (nSPS) is 10.3. The van der Waals surface area contributed by atoms with Crippen LogP contribution in [0.25, 0.3) is 0 Å². The van der Waals surface area contributed by atoms with E-state index in [-0.39, 0.29) is 5.82 Å². The molecule has 0 aliphatic rings. The molecule has 0 aromatic heterocycles. The molecule has 0 spiro atoms. The number of aryl methyl sites for hydroxylation is 2. The molecule has 0 aliphatic carbocycles. The summed E-state index contributed by atoms with van der Waals surface area (Å²) in [4.78, 5) is 0. The summed E-state index contributed by atoms with van der Waals surface area (Å²) in [5, 5.41) is 0. The molecule has 0 unspecified atom stereocenters. The molecule has 0 radical (unpaired) electrons.